The van der Waals surface area contributed by atoms with Gasteiger partial charge in [0, 0.05) is 50.6 Å². The zero-order valence-electron chi connectivity index (χ0n) is 22.2. The van der Waals surface area contributed by atoms with Gasteiger partial charge in [0.25, 0.3) is 5.91 Å². The highest BCUT2D eigenvalue weighted by atomic mass is 19.1. The smallest absolute Gasteiger partial charge is 0.257 e. The van der Waals surface area contributed by atoms with Crippen molar-refractivity contribution in [1.29, 1.82) is 0 Å². The highest BCUT2D eigenvalue weighted by molar-refractivity contribution is 6.27. The lowest BCUT2D eigenvalue weighted by Gasteiger charge is -2.37. The number of rotatable bonds is 2. The molecule has 7 rings (SSSR count). The van der Waals surface area contributed by atoms with Crippen LogP contribution in [0.5, 0.6) is 0 Å². The highest BCUT2D eigenvalue weighted by Gasteiger charge is 2.40. The normalized spacial score (nSPS) is 21.3. The molecular weight excluding hydrogens is 493 g/mol. The molecule has 2 fully saturated rings. The summed E-state index contributed by atoms with van der Waals surface area (Å²) in [5.41, 5.74) is 5.08. The summed E-state index contributed by atoms with van der Waals surface area (Å²) in [4.78, 5) is 33.6. The summed E-state index contributed by atoms with van der Waals surface area (Å²) in [6, 6.07) is 14.0. The van der Waals surface area contributed by atoms with E-state index in [2.05, 4.69) is 41.1 Å². The summed E-state index contributed by atoms with van der Waals surface area (Å²) in [6.07, 6.45) is 3.37. The predicted molar refractivity (Wildman–Crippen MR) is 149 cm³/mol. The first-order chi connectivity index (χ1) is 19.0. The number of carbonyl (C=O) groups is 2. The average Bonchev–Trinajstić information content (AvgIpc) is 3.17. The van der Waals surface area contributed by atoms with Crippen LogP contribution in [0, 0.1) is 5.82 Å². The molecule has 1 amide bonds. The second-order valence-corrected chi connectivity index (χ2v) is 11.2. The van der Waals surface area contributed by atoms with E-state index in [1.807, 2.05) is 18.2 Å². The van der Waals surface area contributed by atoms with Gasteiger partial charge >= 0.3 is 0 Å². The zero-order valence-corrected chi connectivity index (χ0v) is 22.2. The molecule has 200 valence electrons. The second-order valence-electron chi connectivity index (χ2n) is 11.2. The van der Waals surface area contributed by atoms with Gasteiger partial charge in [0.2, 0.25) is 0 Å². The molecule has 1 atom stereocenters. The fourth-order valence-corrected chi connectivity index (χ4v) is 6.80. The third kappa shape index (κ3) is 4.07. The quantitative estimate of drug-likeness (QED) is 0.471. The average molecular weight is 526 g/mol. The molecule has 1 unspecified atom stereocenters. The number of amides is 1. The van der Waals surface area contributed by atoms with Crippen LogP contribution in [0.25, 0.3) is 10.8 Å². The number of ether oxygens (including phenoxy) is 1. The number of anilines is 1. The summed E-state index contributed by atoms with van der Waals surface area (Å²) in [5.74, 6) is -1.31. The standard InChI is InChI=1S/C32H32FN3O3/c1-34-7-4-8-35(10-9-34)30-25-17-22-15-20-5-2-3-6-21(20)16-23(22)24-18-27(32(38)36-11-13-39-14-12-36)31(37)26(29(24)25)19-28(30)33/h2-3,5-6,15-16,18-19,24H,4,7-14,17H2,1H3. The van der Waals surface area contributed by atoms with Crippen LogP contribution in [-0.4, -0.2) is 81.0 Å². The molecule has 0 N–H and O–H groups in total. The minimum absolute atomic E-state index is 0.143. The lowest BCUT2D eigenvalue weighted by Crippen LogP contribution is -2.43. The van der Waals surface area contributed by atoms with Gasteiger partial charge in [-0.2, -0.15) is 0 Å². The zero-order chi connectivity index (χ0) is 26.7. The van der Waals surface area contributed by atoms with E-state index in [-0.39, 0.29) is 29.0 Å². The van der Waals surface area contributed by atoms with E-state index in [4.69, 9.17) is 4.74 Å². The van der Waals surface area contributed by atoms with Gasteiger partial charge in [-0.15, -0.1) is 0 Å². The van der Waals surface area contributed by atoms with Gasteiger partial charge in [0.1, 0.15) is 5.82 Å². The molecule has 4 aliphatic rings. The van der Waals surface area contributed by atoms with Crippen molar-refractivity contribution in [2.75, 3.05) is 64.4 Å². The number of likely N-dealkylation sites (N-methyl/N-ethyl adjacent to an activating group) is 1. The van der Waals surface area contributed by atoms with Gasteiger partial charge in [0.05, 0.1) is 24.5 Å². The molecule has 0 bridgehead atoms. The molecule has 0 radical (unpaired) electrons. The van der Waals surface area contributed by atoms with Gasteiger partial charge in [-0.1, -0.05) is 36.4 Å². The van der Waals surface area contributed by atoms with E-state index < -0.39 is 0 Å². The fraction of sp³-hybridized carbons (Fsp3) is 0.375. The Morgan fingerprint density at radius 3 is 2.54 bits per heavy atom. The molecule has 39 heavy (non-hydrogen) atoms. The summed E-state index contributed by atoms with van der Waals surface area (Å²) >= 11 is 0. The molecule has 2 heterocycles. The summed E-state index contributed by atoms with van der Waals surface area (Å²) in [6.45, 7) is 5.15. The Kier molecular flexibility index (Phi) is 6.01. The van der Waals surface area contributed by atoms with E-state index in [9.17, 15) is 9.59 Å². The van der Waals surface area contributed by atoms with Crippen LogP contribution < -0.4 is 4.90 Å². The Morgan fingerprint density at radius 2 is 1.74 bits per heavy atom. The Morgan fingerprint density at radius 1 is 0.974 bits per heavy atom. The number of nitrogens with zero attached hydrogens (tertiary/aromatic N) is 3. The topological polar surface area (TPSA) is 53.1 Å². The van der Waals surface area contributed by atoms with E-state index in [0.29, 0.717) is 44.0 Å². The molecule has 0 spiro atoms. The number of carbonyl (C=O) groups excluding carboxylic acids is 2. The molecule has 2 aliphatic carbocycles. The van der Waals surface area contributed by atoms with Crippen molar-refractivity contribution in [2.24, 2.45) is 0 Å². The van der Waals surface area contributed by atoms with Crippen molar-refractivity contribution >= 4 is 28.2 Å². The lowest BCUT2D eigenvalue weighted by molar-refractivity contribution is -0.130. The number of benzene rings is 3. The van der Waals surface area contributed by atoms with Gasteiger partial charge in [0.15, 0.2) is 5.78 Å². The lowest BCUT2D eigenvalue weighted by atomic mass is 9.70. The Balaban J connectivity index is 1.42. The van der Waals surface area contributed by atoms with E-state index in [1.165, 1.54) is 6.07 Å². The maximum atomic E-state index is 16.1. The number of hydrogen-bond donors (Lipinski definition) is 0. The molecule has 6 nitrogen and oxygen atoms in total. The molecular formula is C32H32FN3O3. The Bertz CT molecular complexity index is 1540. The van der Waals surface area contributed by atoms with Crippen LogP contribution in [-0.2, 0) is 16.0 Å². The summed E-state index contributed by atoms with van der Waals surface area (Å²) in [5, 5.41) is 2.25. The molecule has 2 aliphatic heterocycles. The minimum Gasteiger partial charge on any atom is -0.378 e. The van der Waals surface area contributed by atoms with E-state index in [0.717, 1.165) is 65.6 Å². The molecule has 0 aromatic heterocycles. The number of hydrogen-bond acceptors (Lipinski definition) is 5. The Hall–Kier alpha value is -3.55. The van der Waals surface area contributed by atoms with Crippen molar-refractivity contribution in [3.8, 4) is 0 Å². The fourth-order valence-electron chi connectivity index (χ4n) is 6.80. The van der Waals surface area contributed by atoms with Crippen LogP contribution in [0.1, 0.15) is 45.0 Å². The number of ketones is 1. The van der Waals surface area contributed by atoms with Gasteiger partial charge < -0.3 is 19.4 Å². The summed E-state index contributed by atoms with van der Waals surface area (Å²) < 4.78 is 21.6. The van der Waals surface area contributed by atoms with Crippen LogP contribution in [0.2, 0.25) is 0 Å². The number of halogens is 1. The predicted octanol–water partition coefficient (Wildman–Crippen LogP) is 4.14. The summed E-state index contributed by atoms with van der Waals surface area (Å²) in [7, 11) is 2.10. The number of fused-ring (bicyclic) bond motifs is 3. The molecule has 3 aromatic carbocycles. The van der Waals surface area contributed by atoms with Crippen molar-refractivity contribution < 1.29 is 18.7 Å². The molecule has 7 heteroatoms. The van der Waals surface area contributed by atoms with E-state index >= 15 is 4.39 Å². The van der Waals surface area contributed by atoms with Crippen LogP contribution in [0.15, 0.2) is 54.1 Å². The second kappa shape index (κ2) is 9.57. The van der Waals surface area contributed by atoms with Crippen molar-refractivity contribution in [1.82, 2.24) is 9.80 Å². The van der Waals surface area contributed by atoms with Crippen molar-refractivity contribution in [2.45, 2.75) is 18.8 Å². The first kappa shape index (κ1) is 24.5. The third-order valence-corrected chi connectivity index (χ3v) is 8.81. The molecule has 3 aromatic rings. The van der Waals surface area contributed by atoms with Crippen LogP contribution in [0.3, 0.4) is 0 Å². The van der Waals surface area contributed by atoms with Crippen molar-refractivity contribution in [3.63, 3.8) is 0 Å². The van der Waals surface area contributed by atoms with Crippen molar-refractivity contribution in [3.05, 3.63) is 87.7 Å². The van der Waals surface area contributed by atoms with E-state index in [1.54, 1.807) is 4.90 Å². The van der Waals surface area contributed by atoms with Gasteiger partial charge in [-0.05, 0) is 65.2 Å². The largest absolute Gasteiger partial charge is 0.378 e. The monoisotopic (exact) mass is 525 g/mol. The van der Waals surface area contributed by atoms with Gasteiger partial charge in [-0.3, -0.25) is 9.59 Å². The maximum absolute atomic E-state index is 16.1. The maximum Gasteiger partial charge on any atom is 0.257 e. The molecule has 2 saturated heterocycles. The number of allylic oxidation sites excluding steroid dienone is 1. The molecule has 0 saturated carbocycles. The van der Waals surface area contributed by atoms with Crippen LogP contribution >= 0.6 is 0 Å². The highest BCUT2D eigenvalue weighted by Crippen LogP contribution is 2.48. The first-order valence-electron chi connectivity index (χ1n) is 13.9. The number of Topliss-reactive ketones (excluding diaryl/α,β-unsaturated/α-hetero) is 1. The Labute approximate surface area is 227 Å². The third-order valence-electron chi connectivity index (χ3n) is 8.81. The van der Waals surface area contributed by atoms with Crippen LogP contribution in [0.4, 0.5) is 10.1 Å². The first-order valence-corrected chi connectivity index (χ1v) is 13.9. The van der Waals surface area contributed by atoms with Gasteiger partial charge in [-0.25, -0.2) is 4.39 Å². The minimum atomic E-state index is -0.371. The number of morpholine rings is 1. The SMILES string of the molecule is CN1CCCN(c2c(F)cc3c4c2Cc2cc5ccccc5cc2C4C=C(C(=O)N2CCOCC2)C3=O)CC1.